The van der Waals surface area contributed by atoms with E-state index in [9.17, 15) is 4.79 Å². The third-order valence-corrected chi connectivity index (χ3v) is 4.87. The van der Waals surface area contributed by atoms with Gasteiger partial charge in [0.2, 0.25) is 0 Å². The first-order chi connectivity index (χ1) is 11.8. The highest BCUT2D eigenvalue weighted by molar-refractivity contribution is 5.94. The van der Waals surface area contributed by atoms with Gasteiger partial charge in [0.1, 0.15) is 0 Å². The lowest BCUT2D eigenvalue weighted by atomic mass is 10.1. The highest BCUT2D eigenvalue weighted by Gasteiger charge is 2.30. The number of nitrogens with one attached hydrogen (secondary N) is 1. The lowest BCUT2D eigenvalue weighted by molar-refractivity contribution is -0.00804. The van der Waals surface area contributed by atoms with Gasteiger partial charge in [-0.15, -0.1) is 0 Å². The van der Waals surface area contributed by atoms with Crippen LogP contribution in [0.5, 0.6) is 0 Å². The maximum absolute atomic E-state index is 12.8. The van der Waals surface area contributed by atoms with Gasteiger partial charge < -0.3 is 9.64 Å². The van der Waals surface area contributed by atoms with Crippen molar-refractivity contribution in [1.29, 1.82) is 0 Å². The largest absolute Gasteiger partial charge is 0.370 e. The van der Waals surface area contributed by atoms with Crippen molar-refractivity contribution in [2.45, 2.75) is 44.8 Å². The molecule has 2 aromatic heterocycles. The third-order valence-electron chi connectivity index (χ3n) is 4.87. The number of pyridine rings is 1. The lowest BCUT2D eigenvalue weighted by Crippen LogP contribution is -2.43. The predicted molar refractivity (Wildman–Crippen MR) is 88.6 cm³/mol. The summed E-state index contributed by atoms with van der Waals surface area (Å²) in [6.07, 6.45) is 6.86. The maximum atomic E-state index is 12.8. The molecule has 1 aliphatic heterocycles. The van der Waals surface area contributed by atoms with E-state index in [0.29, 0.717) is 18.8 Å². The Morgan fingerprint density at radius 2 is 2.29 bits per heavy atom. The van der Waals surface area contributed by atoms with Crippen molar-refractivity contribution < 1.29 is 9.53 Å². The predicted octanol–water partition coefficient (Wildman–Crippen LogP) is 2.11. The molecule has 6 nitrogen and oxygen atoms in total. The Morgan fingerprint density at radius 1 is 1.33 bits per heavy atom. The Morgan fingerprint density at radius 3 is 3.17 bits per heavy atom. The number of nitrogens with zero attached hydrogens (tertiary/aromatic N) is 3. The molecule has 1 fully saturated rings. The molecule has 126 valence electrons. The van der Waals surface area contributed by atoms with Crippen molar-refractivity contribution in [3.63, 3.8) is 0 Å². The maximum Gasteiger partial charge on any atom is 0.274 e. The molecule has 0 spiro atoms. The van der Waals surface area contributed by atoms with E-state index in [0.717, 1.165) is 55.6 Å². The summed E-state index contributed by atoms with van der Waals surface area (Å²) in [6, 6.07) is 5.81. The number of fused-ring (bicyclic) bond motifs is 1. The Bertz CT molecular complexity index is 713. The first-order valence-electron chi connectivity index (χ1n) is 8.68. The second kappa shape index (κ2) is 6.73. The van der Waals surface area contributed by atoms with E-state index in [2.05, 4.69) is 15.2 Å². The summed E-state index contributed by atoms with van der Waals surface area (Å²) in [5, 5.41) is 7.29. The van der Waals surface area contributed by atoms with E-state index in [4.69, 9.17) is 4.74 Å². The van der Waals surface area contributed by atoms with Gasteiger partial charge in [-0.05, 0) is 44.2 Å². The van der Waals surface area contributed by atoms with E-state index >= 15 is 0 Å². The highest BCUT2D eigenvalue weighted by Crippen LogP contribution is 2.25. The topological polar surface area (TPSA) is 71.1 Å². The van der Waals surface area contributed by atoms with Gasteiger partial charge in [-0.25, -0.2) is 0 Å². The monoisotopic (exact) mass is 326 g/mol. The number of amides is 1. The van der Waals surface area contributed by atoms with Crippen LogP contribution in [0.4, 0.5) is 0 Å². The molecule has 2 aliphatic rings. The Hall–Kier alpha value is -2.21. The summed E-state index contributed by atoms with van der Waals surface area (Å²) in [6.45, 7) is 1.91. The minimum atomic E-state index is 0.0422. The molecule has 6 heteroatoms. The fourth-order valence-electron chi connectivity index (χ4n) is 3.59. The van der Waals surface area contributed by atoms with Crippen molar-refractivity contribution in [3.05, 3.63) is 47.0 Å². The molecule has 0 aromatic carbocycles. The number of rotatable bonds is 4. The number of hydrogen-bond donors (Lipinski definition) is 1. The van der Waals surface area contributed by atoms with Gasteiger partial charge in [-0.2, -0.15) is 5.10 Å². The van der Waals surface area contributed by atoms with Crippen molar-refractivity contribution >= 4 is 5.91 Å². The Balaban J connectivity index is 1.38. The van der Waals surface area contributed by atoms with Crippen LogP contribution in [0.1, 0.15) is 46.7 Å². The molecule has 1 saturated heterocycles. The fourth-order valence-corrected chi connectivity index (χ4v) is 3.59. The van der Waals surface area contributed by atoms with Gasteiger partial charge in [0.25, 0.3) is 5.91 Å². The van der Waals surface area contributed by atoms with Crippen LogP contribution in [0, 0.1) is 0 Å². The average Bonchev–Trinajstić information content (AvgIpc) is 3.24. The molecule has 1 amide bonds. The first kappa shape index (κ1) is 15.3. The number of aromatic nitrogens is 3. The van der Waals surface area contributed by atoms with Crippen LogP contribution in [0.2, 0.25) is 0 Å². The molecule has 0 bridgehead atoms. The number of hydrogen-bond acceptors (Lipinski definition) is 4. The Labute approximate surface area is 141 Å². The summed E-state index contributed by atoms with van der Waals surface area (Å²) in [5.41, 5.74) is 3.80. The molecule has 0 unspecified atom stereocenters. The number of H-pyrrole nitrogens is 1. The quantitative estimate of drug-likeness (QED) is 0.934. The summed E-state index contributed by atoms with van der Waals surface area (Å²) in [5.74, 6) is 0.0422. The molecular weight excluding hydrogens is 304 g/mol. The van der Waals surface area contributed by atoms with Gasteiger partial charge in [0, 0.05) is 30.5 Å². The zero-order valence-corrected chi connectivity index (χ0v) is 13.7. The number of aromatic amines is 1. The summed E-state index contributed by atoms with van der Waals surface area (Å²) < 4.78 is 5.97. The molecule has 0 radical (unpaired) electrons. The van der Waals surface area contributed by atoms with Crippen molar-refractivity contribution in [1.82, 2.24) is 20.1 Å². The van der Waals surface area contributed by atoms with E-state index in [1.165, 1.54) is 0 Å². The van der Waals surface area contributed by atoms with Gasteiger partial charge in [0.15, 0.2) is 5.69 Å². The zero-order valence-electron chi connectivity index (χ0n) is 13.7. The van der Waals surface area contributed by atoms with Crippen LogP contribution in [0.15, 0.2) is 24.4 Å². The van der Waals surface area contributed by atoms with Gasteiger partial charge >= 0.3 is 0 Å². The van der Waals surface area contributed by atoms with Crippen LogP contribution < -0.4 is 0 Å². The number of carbonyl (C=O) groups is 1. The first-order valence-corrected chi connectivity index (χ1v) is 8.68. The third kappa shape index (κ3) is 3.06. The minimum Gasteiger partial charge on any atom is -0.370 e. The lowest BCUT2D eigenvalue weighted by Gasteiger charge is -2.32. The number of carbonyl (C=O) groups excluding carboxylic acids is 1. The van der Waals surface area contributed by atoms with Crippen LogP contribution in [0.25, 0.3) is 0 Å². The second-order valence-corrected chi connectivity index (χ2v) is 6.53. The molecule has 0 saturated carbocycles. The molecule has 1 aliphatic carbocycles. The molecule has 4 rings (SSSR count). The van der Waals surface area contributed by atoms with E-state index < -0.39 is 0 Å². The number of piperidine rings is 1. The fraction of sp³-hybridized carbons (Fsp3) is 0.500. The second-order valence-electron chi connectivity index (χ2n) is 6.53. The molecule has 1 atom stereocenters. The smallest absolute Gasteiger partial charge is 0.274 e. The zero-order chi connectivity index (χ0) is 16.4. The molecule has 24 heavy (non-hydrogen) atoms. The molecule has 1 N–H and O–H groups in total. The van der Waals surface area contributed by atoms with Crippen LogP contribution in [-0.4, -0.2) is 45.2 Å². The normalized spacial score (nSPS) is 20.2. The number of ether oxygens (including phenoxy) is 1. The van der Waals surface area contributed by atoms with Crippen molar-refractivity contribution in [2.24, 2.45) is 0 Å². The highest BCUT2D eigenvalue weighted by atomic mass is 16.5. The number of aryl methyl sites for hydroxylation is 1. The SMILES string of the molecule is O=C(c1n[nH]c2c1CCC2)N1CCC[C@@H](OCc2ccccn2)C1. The summed E-state index contributed by atoms with van der Waals surface area (Å²) >= 11 is 0. The van der Waals surface area contributed by atoms with Crippen LogP contribution in [0.3, 0.4) is 0 Å². The van der Waals surface area contributed by atoms with Crippen molar-refractivity contribution in [3.8, 4) is 0 Å². The molecular formula is C18H22N4O2. The number of likely N-dealkylation sites (tertiary alicyclic amines) is 1. The van der Waals surface area contributed by atoms with Gasteiger partial charge in [0.05, 0.1) is 18.4 Å². The van der Waals surface area contributed by atoms with Crippen LogP contribution >= 0.6 is 0 Å². The van der Waals surface area contributed by atoms with E-state index in [1.807, 2.05) is 23.1 Å². The van der Waals surface area contributed by atoms with Crippen LogP contribution in [-0.2, 0) is 24.2 Å². The molecule has 3 heterocycles. The van der Waals surface area contributed by atoms with E-state index in [1.54, 1.807) is 6.20 Å². The van der Waals surface area contributed by atoms with Gasteiger partial charge in [-0.3, -0.25) is 14.9 Å². The van der Waals surface area contributed by atoms with E-state index in [-0.39, 0.29) is 12.0 Å². The minimum absolute atomic E-state index is 0.0422. The summed E-state index contributed by atoms with van der Waals surface area (Å²) in [7, 11) is 0. The standard InChI is InChI=1S/C18H22N4O2/c23-18(17-15-7-3-8-16(15)20-21-17)22-10-4-6-14(11-22)24-12-13-5-1-2-9-19-13/h1-2,5,9,14H,3-4,6-8,10-12H2,(H,20,21)/t14-/m1/s1. The van der Waals surface area contributed by atoms with Gasteiger partial charge in [-0.1, -0.05) is 6.07 Å². The van der Waals surface area contributed by atoms with Crippen molar-refractivity contribution in [2.75, 3.05) is 13.1 Å². The molecule has 2 aromatic rings. The average molecular weight is 326 g/mol. The summed E-state index contributed by atoms with van der Waals surface area (Å²) in [4.78, 5) is 19.0. The Kier molecular flexibility index (Phi) is 4.30.